The SMILES string of the molecule is CCc1cc(=O)oc2nc(OCc3ccccc3F)[nH]c(=O)c12. The summed E-state index contributed by atoms with van der Waals surface area (Å²) in [5.74, 6) is -0.421. The molecule has 3 aromatic rings. The number of nitrogens with one attached hydrogen (secondary N) is 1. The van der Waals surface area contributed by atoms with Crippen molar-refractivity contribution in [2.24, 2.45) is 0 Å². The fourth-order valence-electron chi connectivity index (χ4n) is 2.24. The van der Waals surface area contributed by atoms with E-state index in [1.54, 1.807) is 18.2 Å². The maximum absolute atomic E-state index is 13.5. The highest BCUT2D eigenvalue weighted by Gasteiger charge is 2.12. The molecule has 0 amide bonds. The lowest BCUT2D eigenvalue weighted by molar-refractivity contribution is 0.274. The van der Waals surface area contributed by atoms with Crippen LogP contribution in [0.25, 0.3) is 11.1 Å². The molecule has 2 heterocycles. The van der Waals surface area contributed by atoms with Gasteiger partial charge in [-0.15, -0.1) is 0 Å². The van der Waals surface area contributed by atoms with Crippen molar-refractivity contribution in [3.8, 4) is 6.01 Å². The first-order valence-corrected chi connectivity index (χ1v) is 7.01. The molecule has 0 aliphatic rings. The van der Waals surface area contributed by atoms with E-state index in [2.05, 4.69) is 9.97 Å². The predicted molar refractivity (Wildman–Crippen MR) is 81.0 cm³/mol. The minimum Gasteiger partial charge on any atom is -0.460 e. The van der Waals surface area contributed by atoms with E-state index in [9.17, 15) is 14.0 Å². The summed E-state index contributed by atoms with van der Waals surface area (Å²) in [6, 6.07) is 7.23. The predicted octanol–water partition coefficient (Wildman–Crippen LogP) is 2.16. The van der Waals surface area contributed by atoms with Crippen molar-refractivity contribution in [3.05, 3.63) is 68.0 Å². The van der Waals surface area contributed by atoms with Crippen LogP contribution in [0.4, 0.5) is 4.39 Å². The van der Waals surface area contributed by atoms with Gasteiger partial charge in [-0.2, -0.15) is 4.98 Å². The molecule has 1 N–H and O–H groups in total. The first-order valence-electron chi connectivity index (χ1n) is 7.01. The van der Waals surface area contributed by atoms with Gasteiger partial charge in [0.05, 0.1) is 0 Å². The number of H-pyrrole nitrogens is 1. The Bertz CT molecular complexity index is 978. The second kappa shape index (κ2) is 6.04. The van der Waals surface area contributed by atoms with Gasteiger partial charge in [0.2, 0.25) is 5.71 Å². The van der Waals surface area contributed by atoms with Gasteiger partial charge in [0.15, 0.2) is 0 Å². The molecular weight excluding hydrogens is 303 g/mol. The number of nitrogens with zero attached hydrogens (tertiary/aromatic N) is 1. The zero-order chi connectivity index (χ0) is 16.4. The molecule has 0 saturated heterocycles. The van der Waals surface area contributed by atoms with Crippen LogP contribution in [-0.4, -0.2) is 9.97 Å². The van der Waals surface area contributed by atoms with Crippen molar-refractivity contribution >= 4 is 11.1 Å². The molecule has 0 atom stereocenters. The molecule has 0 radical (unpaired) electrons. The fourth-order valence-corrected chi connectivity index (χ4v) is 2.24. The number of halogens is 1. The van der Waals surface area contributed by atoms with E-state index in [1.807, 2.05) is 6.92 Å². The average molecular weight is 316 g/mol. The molecule has 2 aromatic heterocycles. The third-order valence-corrected chi connectivity index (χ3v) is 3.38. The summed E-state index contributed by atoms with van der Waals surface area (Å²) in [7, 11) is 0. The Morgan fingerprint density at radius 3 is 2.78 bits per heavy atom. The highest BCUT2D eigenvalue weighted by molar-refractivity contribution is 5.75. The van der Waals surface area contributed by atoms with Gasteiger partial charge in [0.25, 0.3) is 11.6 Å². The van der Waals surface area contributed by atoms with Crippen LogP contribution in [0.1, 0.15) is 18.1 Å². The summed E-state index contributed by atoms with van der Waals surface area (Å²) in [5, 5.41) is 0.213. The van der Waals surface area contributed by atoms with Crippen molar-refractivity contribution in [1.82, 2.24) is 9.97 Å². The number of ether oxygens (including phenoxy) is 1. The van der Waals surface area contributed by atoms with Crippen LogP contribution in [-0.2, 0) is 13.0 Å². The van der Waals surface area contributed by atoms with E-state index in [1.165, 1.54) is 12.1 Å². The van der Waals surface area contributed by atoms with E-state index in [0.717, 1.165) is 0 Å². The maximum Gasteiger partial charge on any atom is 0.337 e. The fraction of sp³-hybridized carbons (Fsp3) is 0.188. The van der Waals surface area contributed by atoms with E-state index < -0.39 is 17.0 Å². The molecule has 0 saturated carbocycles. The molecule has 0 aliphatic heterocycles. The Kier molecular flexibility index (Phi) is 3.92. The third-order valence-electron chi connectivity index (χ3n) is 3.38. The third kappa shape index (κ3) is 2.98. The van der Waals surface area contributed by atoms with Crippen molar-refractivity contribution < 1.29 is 13.5 Å². The molecule has 0 aliphatic carbocycles. The van der Waals surface area contributed by atoms with Crippen LogP contribution in [0.5, 0.6) is 6.01 Å². The highest BCUT2D eigenvalue weighted by Crippen LogP contribution is 2.15. The number of hydrogen-bond donors (Lipinski definition) is 1. The summed E-state index contributed by atoms with van der Waals surface area (Å²) in [6.07, 6.45) is 0.488. The van der Waals surface area contributed by atoms with Gasteiger partial charge in [-0.1, -0.05) is 25.1 Å². The number of rotatable bonds is 4. The number of aromatic nitrogens is 2. The minimum atomic E-state index is -0.590. The Labute approximate surface area is 129 Å². The van der Waals surface area contributed by atoms with Crippen molar-refractivity contribution in [2.45, 2.75) is 20.0 Å². The van der Waals surface area contributed by atoms with Crippen molar-refractivity contribution in [1.29, 1.82) is 0 Å². The van der Waals surface area contributed by atoms with Gasteiger partial charge in [-0.25, -0.2) is 9.18 Å². The lowest BCUT2D eigenvalue weighted by Crippen LogP contribution is -2.15. The summed E-state index contributed by atoms with van der Waals surface area (Å²) >= 11 is 0. The monoisotopic (exact) mass is 316 g/mol. The van der Waals surface area contributed by atoms with E-state index in [4.69, 9.17) is 9.15 Å². The van der Waals surface area contributed by atoms with Gasteiger partial charge < -0.3 is 9.15 Å². The molecule has 7 heteroatoms. The Morgan fingerprint density at radius 2 is 2.04 bits per heavy atom. The lowest BCUT2D eigenvalue weighted by Gasteiger charge is -2.07. The summed E-state index contributed by atoms with van der Waals surface area (Å²) in [5.41, 5.74) is -0.294. The van der Waals surface area contributed by atoms with Crippen LogP contribution in [0.15, 0.2) is 44.3 Å². The smallest absolute Gasteiger partial charge is 0.337 e. The van der Waals surface area contributed by atoms with Crippen LogP contribution in [0.3, 0.4) is 0 Å². The normalized spacial score (nSPS) is 10.9. The molecule has 0 unspecified atom stereocenters. The molecule has 0 spiro atoms. The molecule has 118 valence electrons. The first kappa shape index (κ1) is 15.0. The van der Waals surface area contributed by atoms with Crippen LogP contribution in [0, 0.1) is 5.82 Å². The molecule has 1 aromatic carbocycles. The molecule has 0 fully saturated rings. The van der Waals surface area contributed by atoms with Crippen LogP contribution >= 0.6 is 0 Å². The topological polar surface area (TPSA) is 85.2 Å². The molecule has 3 rings (SSSR count). The molecule has 23 heavy (non-hydrogen) atoms. The molecule has 0 bridgehead atoms. The maximum atomic E-state index is 13.5. The molecular formula is C16H13FN2O4. The van der Waals surface area contributed by atoms with Gasteiger partial charge in [0.1, 0.15) is 17.8 Å². The number of fused-ring (bicyclic) bond motifs is 1. The number of aryl methyl sites for hydroxylation is 1. The number of aromatic amines is 1. The van der Waals surface area contributed by atoms with Gasteiger partial charge in [0, 0.05) is 11.6 Å². The number of hydrogen-bond acceptors (Lipinski definition) is 5. The van der Waals surface area contributed by atoms with Crippen molar-refractivity contribution in [2.75, 3.05) is 0 Å². The quantitative estimate of drug-likeness (QED) is 0.797. The van der Waals surface area contributed by atoms with Crippen molar-refractivity contribution in [3.63, 3.8) is 0 Å². The zero-order valence-corrected chi connectivity index (χ0v) is 12.3. The number of benzene rings is 1. The Balaban J connectivity index is 1.98. The van der Waals surface area contributed by atoms with Crippen LogP contribution in [0.2, 0.25) is 0 Å². The van der Waals surface area contributed by atoms with Gasteiger partial charge in [-0.3, -0.25) is 9.78 Å². The second-order valence-corrected chi connectivity index (χ2v) is 4.88. The van der Waals surface area contributed by atoms with Gasteiger partial charge >= 0.3 is 5.63 Å². The first-order chi connectivity index (χ1) is 11.1. The van der Waals surface area contributed by atoms with Gasteiger partial charge in [-0.05, 0) is 18.1 Å². The second-order valence-electron chi connectivity index (χ2n) is 4.88. The standard InChI is InChI=1S/C16H13FN2O4/c1-2-9-7-12(20)23-15-13(9)14(21)18-16(19-15)22-8-10-5-3-4-6-11(10)17/h3-7H,2,8H2,1H3,(H,18,19,21). The summed E-state index contributed by atoms with van der Waals surface area (Å²) in [4.78, 5) is 30.1. The Hall–Kier alpha value is -2.96. The lowest BCUT2D eigenvalue weighted by atomic mass is 10.1. The van der Waals surface area contributed by atoms with E-state index in [-0.39, 0.29) is 23.7 Å². The summed E-state index contributed by atoms with van der Waals surface area (Å²) < 4.78 is 23.8. The van der Waals surface area contributed by atoms with Crippen LogP contribution < -0.4 is 15.9 Å². The van der Waals surface area contributed by atoms with E-state index in [0.29, 0.717) is 17.5 Å². The van der Waals surface area contributed by atoms with E-state index >= 15 is 0 Å². The molecule has 6 nitrogen and oxygen atoms in total. The summed E-state index contributed by atoms with van der Waals surface area (Å²) in [6.45, 7) is 1.70. The highest BCUT2D eigenvalue weighted by atomic mass is 19.1. The largest absolute Gasteiger partial charge is 0.460 e. The average Bonchev–Trinajstić information content (AvgIpc) is 2.52. The zero-order valence-electron chi connectivity index (χ0n) is 12.3. The Morgan fingerprint density at radius 1 is 1.26 bits per heavy atom. The minimum absolute atomic E-state index is 0.0957.